The summed E-state index contributed by atoms with van der Waals surface area (Å²) >= 11 is 0. The first kappa shape index (κ1) is 32.8. The third-order valence-corrected chi connectivity index (χ3v) is 5.70. The summed E-state index contributed by atoms with van der Waals surface area (Å²) < 4.78 is 15.9. The number of carbonyl (C=O) groups is 2. The van der Waals surface area contributed by atoms with E-state index in [0.717, 1.165) is 23.8 Å². The van der Waals surface area contributed by atoms with Crippen molar-refractivity contribution in [3.8, 4) is 0 Å². The number of aliphatic hydroxyl groups excluding tert-OH is 1. The van der Waals surface area contributed by atoms with Gasteiger partial charge >= 0.3 is 12.0 Å². The van der Waals surface area contributed by atoms with Crippen LogP contribution in [0, 0.1) is 0 Å². The van der Waals surface area contributed by atoms with Gasteiger partial charge in [0.15, 0.2) is 18.8 Å². The Labute approximate surface area is 227 Å². The standard InChI is InChI=1S/C25H33N5O3.C2H3FO2.FH/c1-2-6-21(11-16-31)19-22-10-13-30(23(22)28-24(26)29-14-17-33-18-15-29)25(32)27-12-9-20-7-4-3-5-8-20;3-1-2(4)5;/h2-8,11,16,19,23,31H,1,9-10,12-15,17-18H2,(H2,26,28)(H,27,32);1H2,(H,4,5);1H/b16-11+,21-6+,22-19+;;. The number of carbonyl (C=O) groups excluding carboxylic acids is 1. The van der Waals surface area contributed by atoms with E-state index in [-0.39, 0.29) is 10.7 Å². The van der Waals surface area contributed by atoms with E-state index in [1.807, 2.05) is 41.3 Å². The first-order chi connectivity index (χ1) is 18.4. The molecule has 0 aromatic heterocycles. The highest BCUT2D eigenvalue weighted by Crippen LogP contribution is 2.27. The van der Waals surface area contributed by atoms with Crippen molar-refractivity contribution in [2.45, 2.75) is 19.0 Å². The number of halogens is 2. The van der Waals surface area contributed by atoms with Gasteiger partial charge in [0.2, 0.25) is 0 Å². The van der Waals surface area contributed by atoms with Crippen molar-refractivity contribution in [3.63, 3.8) is 0 Å². The van der Waals surface area contributed by atoms with Crippen LogP contribution in [-0.2, 0) is 16.0 Å². The monoisotopic (exact) mass is 549 g/mol. The summed E-state index contributed by atoms with van der Waals surface area (Å²) in [5.74, 6) is -1.02. The lowest BCUT2D eigenvalue weighted by Crippen LogP contribution is -2.48. The van der Waals surface area contributed by atoms with Crippen molar-refractivity contribution in [2.75, 3.05) is 46.1 Å². The maximum atomic E-state index is 13.0. The zero-order chi connectivity index (χ0) is 27.8. The zero-order valence-corrected chi connectivity index (χ0v) is 21.7. The summed E-state index contributed by atoms with van der Waals surface area (Å²) in [4.78, 5) is 30.5. The third kappa shape index (κ3) is 11.4. The summed E-state index contributed by atoms with van der Waals surface area (Å²) in [5.41, 5.74) is 9.20. The van der Waals surface area contributed by atoms with Crippen molar-refractivity contribution in [1.82, 2.24) is 15.1 Å². The topological polar surface area (TPSA) is 141 Å². The van der Waals surface area contributed by atoms with E-state index >= 15 is 0 Å². The Morgan fingerprint density at radius 3 is 2.49 bits per heavy atom. The molecule has 1 aromatic rings. The number of aliphatic carboxylic acids is 1. The van der Waals surface area contributed by atoms with Gasteiger partial charge in [0, 0.05) is 26.2 Å². The van der Waals surface area contributed by atoms with Crippen LogP contribution in [-0.4, -0.2) is 90.2 Å². The van der Waals surface area contributed by atoms with Gasteiger partial charge in [-0.2, -0.15) is 0 Å². The number of urea groups is 1. The normalized spacial score (nSPS) is 18.8. The summed E-state index contributed by atoms with van der Waals surface area (Å²) in [6.45, 7) is 6.03. The number of likely N-dealkylation sites (tertiary alicyclic amines) is 1. The lowest BCUT2D eigenvalue weighted by atomic mass is 10.1. The van der Waals surface area contributed by atoms with E-state index in [4.69, 9.17) is 25.4 Å². The molecule has 3 rings (SSSR count). The molecule has 2 fully saturated rings. The van der Waals surface area contributed by atoms with Crippen molar-refractivity contribution in [3.05, 3.63) is 84.2 Å². The van der Waals surface area contributed by atoms with Gasteiger partial charge in [-0.25, -0.2) is 19.0 Å². The molecule has 2 saturated heterocycles. The van der Waals surface area contributed by atoms with Crippen LogP contribution < -0.4 is 11.1 Å². The van der Waals surface area contributed by atoms with Crippen molar-refractivity contribution >= 4 is 18.0 Å². The molecule has 2 heterocycles. The Morgan fingerprint density at radius 2 is 1.90 bits per heavy atom. The first-order valence-electron chi connectivity index (χ1n) is 12.3. The molecule has 0 spiro atoms. The first-order valence-corrected chi connectivity index (χ1v) is 12.3. The number of alkyl halides is 1. The predicted octanol–water partition coefficient (Wildman–Crippen LogP) is 2.92. The van der Waals surface area contributed by atoms with Crippen molar-refractivity contribution in [2.24, 2.45) is 10.7 Å². The van der Waals surface area contributed by atoms with Crippen LogP contribution in [0.3, 0.4) is 0 Å². The van der Waals surface area contributed by atoms with Crippen LogP contribution in [0.1, 0.15) is 12.0 Å². The molecule has 0 radical (unpaired) electrons. The number of nitrogens with zero attached hydrogens (tertiary/aromatic N) is 3. The molecule has 10 nitrogen and oxygen atoms in total. The number of hydrogen-bond acceptors (Lipinski definition) is 5. The number of morpholine rings is 1. The number of amides is 2. The predicted molar refractivity (Wildman–Crippen MR) is 147 cm³/mol. The SMILES string of the molecule is C=C/C=C(\C=C\O)/C=C1\CCN(C(=O)NCCc2ccccc2)C1N=C(N)N1CCOCC1.F.O=C(O)CF. The van der Waals surface area contributed by atoms with Crippen molar-refractivity contribution < 1.29 is 33.6 Å². The fourth-order valence-electron chi connectivity index (χ4n) is 3.86. The minimum Gasteiger partial charge on any atom is -0.516 e. The molecule has 12 heteroatoms. The average Bonchev–Trinajstić information content (AvgIpc) is 3.32. The number of nitrogens with two attached hydrogens (primary N) is 1. The second-order valence-corrected chi connectivity index (χ2v) is 8.34. The maximum Gasteiger partial charge on any atom is 0.335 e. The van der Waals surface area contributed by atoms with E-state index in [9.17, 15) is 14.3 Å². The molecule has 2 amide bonds. The molecule has 0 bridgehead atoms. The van der Waals surface area contributed by atoms with Gasteiger partial charge in [-0.1, -0.05) is 55.1 Å². The number of carboxylic acids is 1. The quantitative estimate of drug-likeness (QED) is 0.169. The lowest BCUT2D eigenvalue weighted by Gasteiger charge is -2.29. The second kappa shape index (κ2) is 18.1. The lowest BCUT2D eigenvalue weighted by molar-refractivity contribution is -0.137. The molecule has 2 aliphatic heterocycles. The number of rotatable bonds is 8. The Bertz CT molecular complexity index is 1040. The van der Waals surface area contributed by atoms with Gasteiger partial charge in [-0.15, -0.1) is 0 Å². The van der Waals surface area contributed by atoms with E-state index < -0.39 is 18.8 Å². The van der Waals surface area contributed by atoms with E-state index in [0.29, 0.717) is 51.8 Å². The number of ether oxygens (including phenoxy) is 1. The van der Waals surface area contributed by atoms with E-state index in [2.05, 4.69) is 11.9 Å². The van der Waals surface area contributed by atoms with Crippen LogP contribution in [0.2, 0.25) is 0 Å². The van der Waals surface area contributed by atoms with Crippen LogP contribution in [0.15, 0.2) is 83.6 Å². The molecule has 2 aliphatic rings. The Kier molecular flexibility index (Phi) is 15.3. The summed E-state index contributed by atoms with van der Waals surface area (Å²) in [6.07, 6.45) is 8.80. The summed E-state index contributed by atoms with van der Waals surface area (Å²) in [7, 11) is 0. The molecule has 0 aliphatic carbocycles. The number of guanidine groups is 1. The number of aliphatic imine (C=N–C) groups is 1. The summed E-state index contributed by atoms with van der Waals surface area (Å²) in [6, 6.07) is 9.86. The highest BCUT2D eigenvalue weighted by molar-refractivity contribution is 5.80. The fraction of sp³-hybridized carbons (Fsp3) is 0.370. The molecule has 1 aromatic carbocycles. The molecule has 5 N–H and O–H groups in total. The van der Waals surface area contributed by atoms with Gasteiger partial charge in [-0.3, -0.25) is 9.60 Å². The minimum absolute atomic E-state index is 0. The van der Waals surface area contributed by atoms with Crippen LogP contribution in [0.25, 0.3) is 0 Å². The van der Waals surface area contributed by atoms with Crippen molar-refractivity contribution in [1.29, 1.82) is 0 Å². The van der Waals surface area contributed by atoms with Crippen LogP contribution in [0.4, 0.5) is 13.9 Å². The highest BCUT2D eigenvalue weighted by Gasteiger charge is 2.33. The maximum absolute atomic E-state index is 13.0. The van der Waals surface area contributed by atoms with Gasteiger partial charge in [0.1, 0.15) is 0 Å². The summed E-state index contributed by atoms with van der Waals surface area (Å²) in [5, 5.41) is 19.6. The molecular weight excluding hydrogens is 512 g/mol. The number of carboxylic acid groups (broad SMARTS) is 1. The molecular formula is C27H37F2N5O5. The zero-order valence-electron chi connectivity index (χ0n) is 21.7. The smallest absolute Gasteiger partial charge is 0.335 e. The van der Waals surface area contributed by atoms with Gasteiger partial charge in [-0.05, 0) is 35.6 Å². The largest absolute Gasteiger partial charge is 0.516 e. The Morgan fingerprint density at radius 1 is 1.23 bits per heavy atom. The molecule has 214 valence electrons. The minimum atomic E-state index is -1.41. The number of hydrogen-bond donors (Lipinski definition) is 4. The number of aliphatic hydroxyl groups is 1. The van der Waals surface area contributed by atoms with Crippen LogP contribution >= 0.6 is 0 Å². The third-order valence-electron chi connectivity index (χ3n) is 5.70. The highest BCUT2D eigenvalue weighted by atomic mass is 19.1. The average molecular weight is 550 g/mol. The van der Waals surface area contributed by atoms with Crippen LogP contribution in [0.5, 0.6) is 0 Å². The molecule has 1 atom stereocenters. The van der Waals surface area contributed by atoms with Gasteiger partial charge in [0.25, 0.3) is 0 Å². The Hall–Kier alpha value is -4.19. The Balaban J connectivity index is 0.00000116. The fourth-order valence-corrected chi connectivity index (χ4v) is 3.86. The molecule has 1 unspecified atom stereocenters. The van der Waals surface area contributed by atoms with Gasteiger partial charge < -0.3 is 30.9 Å². The van der Waals surface area contributed by atoms with E-state index in [1.54, 1.807) is 23.1 Å². The van der Waals surface area contributed by atoms with Gasteiger partial charge in [0.05, 0.1) is 19.5 Å². The number of allylic oxidation sites excluding steroid dienone is 5. The second-order valence-electron chi connectivity index (χ2n) is 8.34. The number of nitrogens with one attached hydrogen (secondary N) is 1. The molecule has 39 heavy (non-hydrogen) atoms. The van der Waals surface area contributed by atoms with E-state index in [1.165, 1.54) is 5.56 Å². The number of benzene rings is 1. The molecule has 0 saturated carbocycles.